The monoisotopic (exact) mass is 393 g/mol. The zero-order chi connectivity index (χ0) is 14.0. The van der Waals surface area contributed by atoms with Crippen molar-refractivity contribution in [3.05, 3.63) is 55.3 Å². The number of thiophene rings is 1. The lowest BCUT2D eigenvalue weighted by Crippen LogP contribution is -2.26. The number of hydrogen-bond acceptors (Lipinski definition) is 2. The fourth-order valence-corrected chi connectivity index (χ4v) is 2.90. The Bertz CT molecular complexity index is 614. The Morgan fingerprint density at radius 1 is 1.32 bits per heavy atom. The molecule has 1 aromatic heterocycles. The minimum Gasteiger partial charge on any atom is -0.345 e. The summed E-state index contributed by atoms with van der Waals surface area (Å²) in [7, 11) is 0. The molecule has 0 radical (unpaired) electrons. The van der Waals surface area contributed by atoms with Crippen molar-refractivity contribution in [2.24, 2.45) is 0 Å². The summed E-state index contributed by atoms with van der Waals surface area (Å²) >= 11 is 3.61. The van der Waals surface area contributed by atoms with Crippen LogP contribution in [0, 0.1) is 14.5 Å². The molecule has 0 aliphatic rings. The van der Waals surface area contributed by atoms with E-state index in [0.29, 0.717) is 11.1 Å². The second-order valence-corrected chi connectivity index (χ2v) is 6.81. The largest absolute Gasteiger partial charge is 0.345 e. The summed E-state index contributed by atoms with van der Waals surface area (Å²) in [5.41, 5.74) is 1.10. The van der Waals surface area contributed by atoms with Crippen molar-refractivity contribution in [3.63, 3.8) is 0 Å². The van der Waals surface area contributed by atoms with Gasteiger partial charge < -0.3 is 5.32 Å². The third-order valence-corrected chi connectivity index (χ3v) is 4.41. The van der Waals surface area contributed by atoms with Crippen LogP contribution in [-0.4, -0.2) is 5.91 Å². The molecule has 2 rings (SSSR count). The van der Waals surface area contributed by atoms with Crippen LogP contribution in [0.15, 0.2) is 29.6 Å². The molecule has 6 heteroatoms. The topological polar surface area (TPSA) is 29.1 Å². The molecule has 19 heavy (non-hydrogen) atoms. The average molecular weight is 393 g/mol. The number of nitrogens with one attached hydrogen (secondary N) is 1. The summed E-state index contributed by atoms with van der Waals surface area (Å²) in [5.74, 6) is -2.03. The van der Waals surface area contributed by atoms with Crippen molar-refractivity contribution in [2.75, 3.05) is 0 Å². The summed E-state index contributed by atoms with van der Waals surface area (Å²) in [6, 6.07) is 5.00. The van der Waals surface area contributed by atoms with Gasteiger partial charge in [0, 0.05) is 5.38 Å². The molecule has 0 fully saturated rings. The molecule has 1 heterocycles. The molecule has 0 saturated carbocycles. The lowest BCUT2D eigenvalue weighted by Gasteiger charge is -2.14. The zero-order valence-corrected chi connectivity index (χ0v) is 12.9. The van der Waals surface area contributed by atoms with Gasteiger partial charge in [0.25, 0.3) is 5.91 Å². The fraction of sp³-hybridized carbons (Fsp3) is 0.154. The van der Waals surface area contributed by atoms with Crippen LogP contribution in [0.3, 0.4) is 0 Å². The van der Waals surface area contributed by atoms with Gasteiger partial charge in [-0.3, -0.25) is 4.79 Å². The Kier molecular flexibility index (Phi) is 4.51. The predicted molar refractivity (Wildman–Crippen MR) is 79.3 cm³/mol. The van der Waals surface area contributed by atoms with Gasteiger partial charge in [0.1, 0.15) is 0 Å². The number of halogens is 3. The summed E-state index contributed by atoms with van der Waals surface area (Å²) in [6.45, 7) is 1.72. The number of amides is 1. The molecule has 1 N–H and O–H groups in total. The molecule has 100 valence electrons. The van der Waals surface area contributed by atoms with Gasteiger partial charge >= 0.3 is 0 Å². The predicted octanol–water partition coefficient (Wildman–Crippen LogP) is 4.12. The van der Waals surface area contributed by atoms with Crippen molar-refractivity contribution in [1.29, 1.82) is 0 Å². The van der Waals surface area contributed by atoms with Crippen LogP contribution in [0.5, 0.6) is 0 Å². The SMILES string of the molecule is CC(NC(=O)c1csc(I)c1)c1ccc(F)c(F)c1. The lowest BCUT2D eigenvalue weighted by atomic mass is 10.1. The highest BCUT2D eigenvalue weighted by Gasteiger charge is 2.14. The molecule has 1 unspecified atom stereocenters. The van der Waals surface area contributed by atoms with Crippen molar-refractivity contribution >= 4 is 39.8 Å². The Balaban J connectivity index is 2.10. The van der Waals surface area contributed by atoms with Gasteiger partial charge in [0.15, 0.2) is 11.6 Å². The minimum absolute atomic E-state index is 0.226. The van der Waals surface area contributed by atoms with E-state index in [1.54, 1.807) is 18.4 Å². The molecule has 0 spiro atoms. The fourth-order valence-electron chi connectivity index (χ4n) is 1.57. The van der Waals surface area contributed by atoms with Crippen LogP contribution < -0.4 is 5.32 Å². The van der Waals surface area contributed by atoms with E-state index in [9.17, 15) is 13.6 Å². The Hall–Kier alpha value is -1.02. The molecule has 1 aromatic carbocycles. The Labute approximate surface area is 127 Å². The molecular weight excluding hydrogens is 383 g/mol. The van der Waals surface area contributed by atoms with Crippen LogP contribution in [0.1, 0.15) is 28.9 Å². The maximum atomic E-state index is 13.1. The van der Waals surface area contributed by atoms with E-state index in [-0.39, 0.29) is 11.9 Å². The van der Waals surface area contributed by atoms with Crippen LogP contribution in [-0.2, 0) is 0 Å². The molecule has 0 aliphatic carbocycles. The highest BCUT2D eigenvalue weighted by atomic mass is 127. The van der Waals surface area contributed by atoms with Crippen LogP contribution in [0.25, 0.3) is 0 Å². The third kappa shape index (κ3) is 3.50. The van der Waals surface area contributed by atoms with Crippen LogP contribution in [0.4, 0.5) is 8.78 Å². The highest BCUT2D eigenvalue weighted by Crippen LogP contribution is 2.19. The zero-order valence-electron chi connectivity index (χ0n) is 9.91. The normalized spacial score (nSPS) is 12.2. The molecule has 0 saturated heterocycles. The smallest absolute Gasteiger partial charge is 0.252 e. The quantitative estimate of drug-likeness (QED) is 0.782. The van der Waals surface area contributed by atoms with Crippen LogP contribution >= 0.6 is 33.9 Å². The van der Waals surface area contributed by atoms with Crippen molar-refractivity contribution < 1.29 is 13.6 Å². The summed E-state index contributed by atoms with van der Waals surface area (Å²) < 4.78 is 27.0. The van der Waals surface area contributed by atoms with E-state index < -0.39 is 11.6 Å². The van der Waals surface area contributed by atoms with E-state index in [1.807, 2.05) is 0 Å². The molecule has 1 amide bonds. The number of carbonyl (C=O) groups excluding carboxylic acids is 1. The number of rotatable bonds is 3. The number of hydrogen-bond donors (Lipinski definition) is 1. The van der Waals surface area contributed by atoms with Gasteiger partial charge in [0.2, 0.25) is 0 Å². The van der Waals surface area contributed by atoms with E-state index in [4.69, 9.17) is 0 Å². The number of carbonyl (C=O) groups is 1. The standard InChI is InChI=1S/C13H10F2INOS/c1-7(8-2-3-10(14)11(15)4-8)17-13(18)9-5-12(16)19-6-9/h2-7H,1H3,(H,17,18). The first kappa shape index (κ1) is 14.4. The molecule has 2 nitrogen and oxygen atoms in total. The van der Waals surface area contributed by atoms with Gasteiger partial charge in [0.05, 0.1) is 14.5 Å². The van der Waals surface area contributed by atoms with E-state index in [0.717, 1.165) is 15.0 Å². The lowest BCUT2D eigenvalue weighted by molar-refractivity contribution is 0.0940. The molecular formula is C13H10F2INOS. The second kappa shape index (κ2) is 5.96. The first-order valence-corrected chi connectivity index (χ1v) is 7.43. The van der Waals surface area contributed by atoms with Gasteiger partial charge in [-0.15, -0.1) is 11.3 Å². The van der Waals surface area contributed by atoms with E-state index in [1.165, 1.54) is 17.4 Å². The van der Waals surface area contributed by atoms with Gasteiger partial charge in [-0.05, 0) is 53.3 Å². The summed E-state index contributed by atoms with van der Waals surface area (Å²) in [6.07, 6.45) is 0. The third-order valence-electron chi connectivity index (χ3n) is 2.62. The minimum atomic E-state index is -0.913. The van der Waals surface area contributed by atoms with E-state index >= 15 is 0 Å². The van der Waals surface area contributed by atoms with Crippen molar-refractivity contribution in [3.8, 4) is 0 Å². The summed E-state index contributed by atoms with van der Waals surface area (Å²) in [5, 5.41) is 4.51. The highest BCUT2D eigenvalue weighted by molar-refractivity contribution is 14.1. The molecule has 0 aliphatic heterocycles. The van der Waals surface area contributed by atoms with Crippen LogP contribution in [0.2, 0.25) is 0 Å². The molecule has 0 bridgehead atoms. The first-order chi connectivity index (χ1) is 8.97. The van der Waals surface area contributed by atoms with Gasteiger partial charge in [-0.2, -0.15) is 0 Å². The van der Waals surface area contributed by atoms with Gasteiger partial charge in [-0.1, -0.05) is 6.07 Å². The Morgan fingerprint density at radius 3 is 2.63 bits per heavy atom. The van der Waals surface area contributed by atoms with Gasteiger partial charge in [-0.25, -0.2) is 8.78 Å². The maximum absolute atomic E-state index is 13.1. The molecule has 1 atom stereocenters. The second-order valence-electron chi connectivity index (χ2n) is 4.01. The Morgan fingerprint density at radius 2 is 2.05 bits per heavy atom. The van der Waals surface area contributed by atoms with Crippen molar-refractivity contribution in [1.82, 2.24) is 5.32 Å². The summed E-state index contributed by atoms with van der Waals surface area (Å²) in [4.78, 5) is 11.9. The molecule has 2 aromatic rings. The van der Waals surface area contributed by atoms with Crippen molar-refractivity contribution in [2.45, 2.75) is 13.0 Å². The van der Waals surface area contributed by atoms with E-state index in [2.05, 4.69) is 27.9 Å². The number of benzene rings is 1. The first-order valence-electron chi connectivity index (χ1n) is 5.47. The maximum Gasteiger partial charge on any atom is 0.252 e. The average Bonchev–Trinajstić information content (AvgIpc) is 2.79.